The van der Waals surface area contributed by atoms with Crippen molar-refractivity contribution in [2.75, 3.05) is 7.11 Å². The molecule has 0 aliphatic heterocycles. The van der Waals surface area contributed by atoms with Crippen molar-refractivity contribution in [3.05, 3.63) is 26.6 Å². The first kappa shape index (κ1) is 13.3. The first-order valence-corrected chi connectivity index (χ1v) is 5.54. The minimum absolute atomic E-state index is 0.0399. The third kappa shape index (κ3) is 2.87. The van der Waals surface area contributed by atoms with Crippen molar-refractivity contribution >= 4 is 28.6 Å². The van der Waals surface area contributed by atoms with Gasteiger partial charge < -0.3 is 4.74 Å². The zero-order valence-corrected chi connectivity index (χ0v) is 10.9. The van der Waals surface area contributed by atoms with E-state index in [1.54, 1.807) is 22.6 Å². The fourth-order valence-corrected chi connectivity index (χ4v) is 2.19. The summed E-state index contributed by atoms with van der Waals surface area (Å²) in [5.74, 6) is -0.469. The first-order chi connectivity index (χ1) is 7.47. The summed E-state index contributed by atoms with van der Waals surface area (Å²) in [6.45, 7) is 1.52. The van der Waals surface area contributed by atoms with E-state index >= 15 is 0 Å². The molecule has 16 heavy (non-hydrogen) atoms. The number of hydrogen-bond acceptors (Lipinski definition) is 3. The predicted molar refractivity (Wildman–Crippen MR) is 62.4 cm³/mol. The largest absolute Gasteiger partial charge is 0.469 e. The van der Waals surface area contributed by atoms with E-state index in [9.17, 15) is 13.6 Å². The summed E-state index contributed by atoms with van der Waals surface area (Å²) >= 11 is 1.80. The lowest BCUT2D eigenvalue weighted by molar-refractivity contribution is -0.139. The number of hydrogen-bond donors (Lipinski definition) is 0. The third-order valence-electron chi connectivity index (χ3n) is 2.10. The minimum atomic E-state index is -2.59. The van der Waals surface area contributed by atoms with Crippen molar-refractivity contribution < 1.29 is 18.3 Å². The average Bonchev–Trinajstić information content (AvgIpc) is 2.21. The normalized spacial score (nSPS) is 10.6. The van der Waals surface area contributed by atoms with Crippen molar-refractivity contribution in [1.82, 2.24) is 4.98 Å². The molecule has 0 fully saturated rings. The highest BCUT2D eigenvalue weighted by molar-refractivity contribution is 14.1. The molecule has 0 saturated carbocycles. The van der Waals surface area contributed by atoms with Gasteiger partial charge >= 0.3 is 5.97 Å². The minimum Gasteiger partial charge on any atom is -0.469 e. The molecule has 1 rings (SSSR count). The Bertz CT molecular complexity index is 410. The van der Waals surface area contributed by atoms with Crippen LogP contribution < -0.4 is 0 Å². The van der Waals surface area contributed by atoms with Gasteiger partial charge in [-0.1, -0.05) is 0 Å². The maximum atomic E-state index is 12.7. The molecule has 0 spiro atoms. The lowest BCUT2D eigenvalue weighted by Crippen LogP contribution is -2.09. The van der Waals surface area contributed by atoms with Crippen molar-refractivity contribution in [2.45, 2.75) is 19.8 Å². The van der Waals surface area contributed by atoms with E-state index in [2.05, 4.69) is 9.72 Å². The number of carbonyl (C=O) groups is 1. The molecule has 0 aliphatic carbocycles. The zero-order valence-electron chi connectivity index (χ0n) is 8.76. The van der Waals surface area contributed by atoms with Gasteiger partial charge in [0.25, 0.3) is 6.43 Å². The molecule has 1 aromatic rings. The summed E-state index contributed by atoms with van der Waals surface area (Å²) in [5, 5.41) is 0. The second-order valence-corrected chi connectivity index (χ2v) is 4.23. The standard InChI is InChI=1S/C10H10F2INO2/c1-5-8(10(11)12)9(13)6(4-14-5)3-7(15)16-2/h4,10H,3H2,1-2H3. The van der Waals surface area contributed by atoms with Gasteiger partial charge in [0.2, 0.25) is 0 Å². The van der Waals surface area contributed by atoms with Crippen molar-refractivity contribution in [3.8, 4) is 0 Å². The fourth-order valence-electron chi connectivity index (χ4n) is 1.24. The van der Waals surface area contributed by atoms with Crippen LogP contribution in [0.5, 0.6) is 0 Å². The number of aryl methyl sites for hydroxylation is 1. The van der Waals surface area contributed by atoms with Gasteiger partial charge in [-0.25, -0.2) is 8.78 Å². The third-order valence-corrected chi connectivity index (χ3v) is 3.38. The molecule has 0 amide bonds. The number of halogens is 3. The maximum absolute atomic E-state index is 12.7. The molecule has 0 aromatic carbocycles. The Hall–Kier alpha value is -0.790. The van der Waals surface area contributed by atoms with Gasteiger partial charge in [-0.15, -0.1) is 0 Å². The summed E-state index contributed by atoms with van der Waals surface area (Å²) in [6, 6.07) is 0. The Morgan fingerprint density at radius 1 is 1.62 bits per heavy atom. The van der Waals surface area contributed by atoms with Gasteiger partial charge in [0, 0.05) is 15.5 Å². The molecule has 1 heterocycles. The molecule has 0 aliphatic rings. The van der Waals surface area contributed by atoms with Crippen LogP contribution in [0.4, 0.5) is 8.78 Å². The Labute approximate surface area is 105 Å². The quantitative estimate of drug-likeness (QED) is 0.627. The average molecular weight is 341 g/mol. The molecule has 88 valence electrons. The van der Waals surface area contributed by atoms with E-state index in [1.807, 2.05) is 0 Å². The SMILES string of the molecule is COC(=O)Cc1cnc(C)c(C(F)F)c1I. The van der Waals surface area contributed by atoms with Gasteiger partial charge in [-0.3, -0.25) is 9.78 Å². The second kappa shape index (κ2) is 5.51. The molecule has 0 bridgehead atoms. The summed E-state index contributed by atoms with van der Waals surface area (Å²) < 4.78 is 30.3. The molecule has 0 unspecified atom stereocenters. The van der Waals surface area contributed by atoms with E-state index in [4.69, 9.17) is 0 Å². The second-order valence-electron chi connectivity index (χ2n) is 3.15. The van der Waals surface area contributed by atoms with Crippen LogP contribution in [-0.2, 0) is 16.0 Å². The number of ether oxygens (including phenoxy) is 1. The molecule has 0 atom stereocenters. The molecule has 6 heteroatoms. The van der Waals surface area contributed by atoms with Crippen LogP contribution in [0.3, 0.4) is 0 Å². The van der Waals surface area contributed by atoms with Gasteiger partial charge in [0.1, 0.15) is 0 Å². The number of pyridine rings is 1. The monoisotopic (exact) mass is 341 g/mol. The fraction of sp³-hybridized carbons (Fsp3) is 0.400. The number of esters is 1. The molecule has 1 aromatic heterocycles. The molecular weight excluding hydrogens is 331 g/mol. The van der Waals surface area contributed by atoms with E-state index in [0.29, 0.717) is 9.13 Å². The first-order valence-electron chi connectivity index (χ1n) is 4.46. The Balaban J connectivity index is 3.13. The lowest BCUT2D eigenvalue weighted by Gasteiger charge is -2.10. The highest BCUT2D eigenvalue weighted by atomic mass is 127. The van der Waals surface area contributed by atoms with Gasteiger partial charge in [0.05, 0.1) is 19.1 Å². The molecule has 0 saturated heterocycles. The van der Waals surface area contributed by atoms with E-state index in [-0.39, 0.29) is 17.7 Å². The van der Waals surface area contributed by atoms with Crippen molar-refractivity contribution in [3.63, 3.8) is 0 Å². The molecule has 3 nitrogen and oxygen atoms in total. The van der Waals surface area contributed by atoms with Crippen LogP contribution in [0, 0.1) is 10.5 Å². The van der Waals surface area contributed by atoms with Gasteiger partial charge in [0.15, 0.2) is 0 Å². The smallest absolute Gasteiger partial charge is 0.310 e. The summed E-state index contributed by atoms with van der Waals surface area (Å²) in [4.78, 5) is 14.9. The highest BCUT2D eigenvalue weighted by Crippen LogP contribution is 2.29. The number of nitrogens with zero attached hydrogens (tertiary/aromatic N) is 1. The number of methoxy groups -OCH3 is 1. The van der Waals surface area contributed by atoms with Crippen LogP contribution in [0.15, 0.2) is 6.20 Å². The Kier molecular flexibility index (Phi) is 4.57. The number of alkyl halides is 2. The van der Waals surface area contributed by atoms with Crippen molar-refractivity contribution in [1.29, 1.82) is 0 Å². The molecular formula is C10H10F2INO2. The lowest BCUT2D eigenvalue weighted by atomic mass is 10.1. The summed E-state index contributed by atoms with van der Waals surface area (Å²) in [5.41, 5.74) is 0.642. The Morgan fingerprint density at radius 2 is 2.25 bits per heavy atom. The number of aromatic nitrogens is 1. The number of rotatable bonds is 3. The van der Waals surface area contributed by atoms with Gasteiger partial charge in [-0.2, -0.15) is 0 Å². The van der Waals surface area contributed by atoms with Crippen LogP contribution in [0.2, 0.25) is 0 Å². The van der Waals surface area contributed by atoms with E-state index in [0.717, 1.165) is 0 Å². The maximum Gasteiger partial charge on any atom is 0.310 e. The van der Waals surface area contributed by atoms with Crippen LogP contribution in [-0.4, -0.2) is 18.1 Å². The van der Waals surface area contributed by atoms with Gasteiger partial charge in [-0.05, 0) is 35.1 Å². The molecule has 0 radical (unpaired) electrons. The predicted octanol–water partition coefficient (Wildman–Crippen LogP) is 2.65. The zero-order chi connectivity index (χ0) is 12.3. The van der Waals surface area contributed by atoms with Crippen molar-refractivity contribution in [2.24, 2.45) is 0 Å². The topological polar surface area (TPSA) is 39.2 Å². The molecule has 0 N–H and O–H groups in total. The highest BCUT2D eigenvalue weighted by Gasteiger charge is 2.19. The van der Waals surface area contributed by atoms with Crippen LogP contribution >= 0.6 is 22.6 Å². The number of carbonyl (C=O) groups excluding carboxylic acids is 1. The van der Waals surface area contributed by atoms with E-state index < -0.39 is 12.4 Å². The Morgan fingerprint density at radius 3 is 2.75 bits per heavy atom. The van der Waals surface area contributed by atoms with Crippen LogP contribution in [0.25, 0.3) is 0 Å². The summed E-state index contributed by atoms with van der Waals surface area (Å²) in [6.07, 6.45) is -1.20. The summed E-state index contributed by atoms with van der Waals surface area (Å²) in [7, 11) is 1.25. The van der Waals surface area contributed by atoms with E-state index in [1.165, 1.54) is 20.2 Å². The van der Waals surface area contributed by atoms with Crippen LogP contribution in [0.1, 0.15) is 23.2 Å².